The molecular weight excluding hydrogens is 373 g/mol. The SMILES string of the molecule is N#Cc1ccccc1COC(=O)[C@@H]1CC(=O)N(c2cccc(C(F)(F)F)c2)C1. The van der Waals surface area contributed by atoms with Crippen molar-refractivity contribution in [3.05, 3.63) is 65.2 Å². The number of nitrogens with zero attached hydrogens (tertiary/aromatic N) is 2. The molecule has 0 aromatic heterocycles. The molecule has 1 heterocycles. The van der Waals surface area contributed by atoms with Crippen LogP contribution in [0.1, 0.15) is 23.1 Å². The number of halogens is 3. The number of hydrogen-bond acceptors (Lipinski definition) is 4. The van der Waals surface area contributed by atoms with E-state index in [0.717, 1.165) is 17.0 Å². The average molecular weight is 388 g/mol. The molecule has 0 unspecified atom stereocenters. The number of nitriles is 1. The fraction of sp³-hybridized carbons (Fsp3) is 0.250. The molecule has 0 spiro atoms. The summed E-state index contributed by atoms with van der Waals surface area (Å²) in [6, 6.07) is 13.1. The van der Waals surface area contributed by atoms with E-state index in [1.54, 1.807) is 24.3 Å². The smallest absolute Gasteiger partial charge is 0.416 e. The van der Waals surface area contributed by atoms with Crippen LogP contribution in [0.5, 0.6) is 0 Å². The molecule has 3 rings (SSSR count). The molecule has 28 heavy (non-hydrogen) atoms. The lowest BCUT2D eigenvalue weighted by Crippen LogP contribution is -2.26. The highest BCUT2D eigenvalue weighted by Crippen LogP contribution is 2.33. The first-order valence-corrected chi connectivity index (χ1v) is 8.42. The van der Waals surface area contributed by atoms with Crippen LogP contribution in [0.3, 0.4) is 0 Å². The van der Waals surface area contributed by atoms with Crippen molar-refractivity contribution in [1.82, 2.24) is 0 Å². The van der Waals surface area contributed by atoms with Crippen molar-refractivity contribution in [2.45, 2.75) is 19.2 Å². The Morgan fingerprint density at radius 3 is 2.68 bits per heavy atom. The number of carbonyl (C=O) groups excluding carboxylic acids is 2. The number of anilines is 1. The number of rotatable bonds is 4. The van der Waals surface area contributed by atoms with Crippen LogP contribution in [-0.4, -0.2) is 18.4 Å². The van der Waals surface area contributed by atoms with Crippen LogP contribution < -0.4 is 4.90 Å². The molecule has 144 valence electrons. The number of alkyl halides is 3. The van der Waals surface area contributed by atoms with Crippen LogP contribution in [0.15, 0.2) is 48.5 Å². The Morgan fingerprint density at radius 1 is 1.21 bits per heavy atom. The minimum absolute atomic E-state index is 0.0567. The zero-order chi connectivity index (χ0) is 20.3. The zero-order valence-electron chi connectivity index (χ0n) is 14.6. The molecule has 0 bridgehead atoms. The maximum Gasteiger partial charge on any atom is 0.416 e. The first-order chi connectivity index (χ1) is 13.3. The van der Waals surface area contributed by atoms with E-state index in [1.165, 1.54) is 12.1 Å². The third-order valence-corrected chi connectivity index (χ3v) is 4.45. The van der Waals surface area contributed by atoms with Gasteiger partial charge in [0.15, 0.2) is 0 Å². The molecular formula is C20H15F3N2O3. The van der Waals surface area contributed by atoms with Gasteiger partial charge in [-0.05, 0) is 24.3 Å². The molecule has 0 N–H and O–H groups in total. The van der Waals surface area contributed by atoms with Gasteiger partial charge in [-0.1, -0.05) is 24.3 Å². The van der Waals surface area contributed by atoms with Gasteiger partial charge in [0.2, 0.25) is 5.91 Å². The Morgan fingerprint density at radius 2 is 1.96 bits per heavy atom. The quantitative estimate of drug-likeness (QED) is 0.750. The van der Waals surface area contributed by atoms with Gasteiger partial charge in [-0.15, -0.1) is 0 Å². The number of ether oxygens (including phenoxy) is 1. The molecule has 0 saturated carbocycles. The van der Waals surface area contributed by atoms with E-state index in [2.05, 4.69) is 0 Å². The minimum atomic E-state index is -4.52. The average Bonchev–Trinajstić information content (AvgIpc) is 3.07. The van der Waals surface area contributed by atoms with Gasteiger partial charge in [-0.2, -0.15) is 18.4 Å². The Bertz CT molecular complexity index is 950. The highest BCUT2D eigenvalue weighted by atomic mass is 19.4. The number of amides is 1. The molecule has 1 fully saturated rings. The van der Waals surface area contributed by atoms with Crippen LogP contribution in [0, 0.1) is 17.2 Å². The van der Waals surface area contributed by atoms with Gasteiger partial charge in [-0.25, -0.2) is 0 Å². The van der Waals surface area contributed by atoms with Gasteiger partial charge in [-0.3, -0.25) is 9.59 Å². The van der Waals surface area contributed by atoms with Crippen molar-refractivity contribution in [2.24, 2.45) is 5.92 Å². The second kappa shape index (κ2) is 7.72. The van der Waals surface area contributed by atoms with Gasteiger partial charge in [0.05, 0.1) is 23.1 Å². The van der Waals surface area contributed by atoms with Gasteiger partial charge in [0, 0.05) is 24.2 Å². The Kier molecular flexibility index (Phi) is 5.36. The molecule has 1 aliphatic heterocycles. The molecule has 0 radical (unpaired) electrons. The topological polar surface area (TPSA) is 70.4 Å². The van der Waals surface area contributed by atoms with E-state index in [4.69, 9.17) is 10.00 Å². The summed E-state index contributed by atoms with van der Waals surface area (Å²) in [5, 5.41) is 9.05. The second-order valence-corrected chi connectivity index (χ2v) is 6.33. The van der Waals surface area contributed by atoms with Gasteiger partial charge >= 0.3 is 12.1 Å². The Hall–Kier alpha value is -3.34. The predicted molar refractivity (Wildman–Crippen MR) is 92.9 cm³/mol. The van der Waals surface area contributed by atoms with Crippen molar-refractivity contribution in [1.29, 1.82) is 5.26 Å². The van der Waals surface area contributed by atoms with E-state index in [9.17, 15) is 22.8 Å². The lowest BCUT2D eigenvalue weighted by molar-refractivity contribution is -0.149. The Labute approximate surface area is 158 Å². The van der Waals surface area contributed by atoms with Gasteiger partial charge < -0.3 is 9.64 Å². The summed E-state index contributed by atoms with van der Waals surface area (Å²) in [6.45, 7) is -0.171. The highest BCUT2D eigenvalue weighted by molar-refractivity contribution is 5.99. The largest absolute Gasteiger partial charge is 0.460 e. The minimum Gasteiger partial charge on any atom is -0.460 e. The van der Waals surface area contributed by atoms with Crippen LogP contribution in [0.2, 0.25) is 0 Å². The lowest BCUT2D eigenvalue weighted by atomic mass is 10.1. The van der Waals surface area contributed by atoms with Crippen molar-refractivity contribution in [2.75, 3.05) is 11.4 Å². The summed E-state index contributed by atoms with van der Waals surface area (Å²) in [6.07, 6.45) is -4.67. The molecule has 2 aromatic rings. The summed E-state index contributed by atoms with van der Waals surface area (Å²) < 4.78 is 43.9. The fourth-order valence-electron chi connectivity index (χ4n) is 2.99. The van der Waals surface area contributed by atoms with Crippen LogP contribution in [0.4, 0.5) is 18.9 Å². The monoisotopic (exact) mass is 388 g/mol. The third kappa shape index (κ3) is 4.14. The van der Waals surface area contributed by atoms with Crippen molar-refractivity contribution in [3.63, 3.8) is 0 Å². The summed E-state index contributed by atoms with van der Waals surface area (Å²) in [5.41, 5.74) is 0.141. The summed E-state index contributed by atoms with van der Waals surface area (Å²) in [4.78, 5) is 25.7. The van der Waals surface area contributed by atoms with Crippen molar-refractivity contribution in [3.8, 4) is 6.07 Å². The second-order valence-electron chi connectivity index (χ2n) is 6.33. The van der Waals surface area contributed by atoms with E-state index >= 15 is 0 Å². The van der Waals surface area contributed by atoms with E-state index in [0.29, 0.717) is 11.1 Å². The molecule has 8 heteroatoms. The predicted octanol–water partition coefficient (Wildman–Crippen LogP) is 3.67. The first kappa shape index (κ1) is 19.4. The first-order valence-electron chi connectivity index (χ1n) is 8.42. The lowest BCUT2D eigenvalue weighted by Gasteiger charge is -2.18. The third-order valence-electron chi connectivity index (χ3n) is 4.45. The normalized spacial score (nSPS) is 16.7. The maximum atomic E-state index is 12.9. The standard InChI is InChI=1S/C20H15F3N2O3/c21-20(22,23)16-6-3-7-17(9-16)25-11-15(8-18(25)26)19(27)28-12-14-5-2-1-4-13(14)10-24/h1-7,9,15H,8,11-12H2/t15-/m1/s1. The molecule has 2 aromatic carbocycles. The number of hydrogen-bond donors (Lipinski definition) is 0. The number of carbonyl (C=O) groups is 2. The number of benzene rings is 2. The zero-order valence-corrected chi connectivity index (χ0v) is 14.6. The van der Waals surface area contributed by atoms with Crippen molar-refractivity contribution >= 4 is 17.6 Å². The Balaban J connectivity index is 1.67. The van der Waals surface area contributed by atoms with Crippen LogP contribution >= 0.6 is 0 Å². The van der Waals surface area contributed by atoms with Gasteiger partial charge in [0.1, 0.15) is 6.61 Å². The van der Waals surface area contributed by atoms with Gasteiger partial charge in [0.25, 0.3) is 0 Å². The van der Waals surface area contributed by atoms with Crippen LogP contribution in [0.25, 0.3) is 0 Å². The van der Waals surface area contributed by atoms with Crippen molar-refractivity contribution < 1.29 is 27.5 Å². The molecule has 5 nitrogen and oxygen atoms in total. The molecule has 1 aliphatic rings. The van der Waals surface area contributed by atoms with Crippen LogP contribution in [-0.2, 0) is 27.1 Å². The highest BCUT2D eigenvalue weighted by Gasteiger charge is 2.37. The number of esters is 1. The fourth-order valence-corrected chi connectivity index (χ4v) is 2.99. The molecule has 1 amide bonds. The van der Waals surface area contributed by atoms with E-state index in [-0.39, 0.29) is 25.3 Å². The molecule has 1 atom stereocenters. The van der Waals surface area contributed by atoms with E-state index < -0.39 is 29.5 Å². The molecule has 1 saturated heterocycles. The summed E-state index contributed by atoms with van der Waals surface area (Å²) in [5.74, 6) is -1.86. The van der Waals surface area contributed by atoms with E-state index in [1.807, 2.05) is 6.07 Å². The maximum absolute atomic E-state index is 12.9. The molecule has 0 aliphatic carbocycles. The summed E-state index contributed by atoms with van der Waals surface area (Å²) >= 11 is 0. The summed E-state index contributed by atoms with van der Waals surface area (Å²) in [7, 11) is 0.